The predicted octanol–water partition coefficient (Wildman–Crippen LogP) is -0.0867. The van der Waals surface area contributed by atoms with Crippen molar-refractivity contribution in [3.63, 3.8) is 0 Å². The molecule has 7 nitrogen and oxygen atoms in total. The normalized spacial score (nSPS) is 13.4. The highest BCUT2D eigenvalue weighted by Crippen LogP contribution is 2.19. The van der Waals surface area contributed by atoms with E-state index in [2.05, 4.69) is 14.6 Å². The summed E-state index contributed by atoms with van der Waals surface area (Å²) in [5, 5.41) is 3.49. The molecule has 0 fully saturated rings. The minimum absolute atomic E-state index is 0.0166. The van der Waals surface area contributed by atoms with Gasteiger partial charge in [0.15, 0.2) is 5.03 Å². The van der Waals surface area contributed by atoms with Crippen LogP contribution in [0.4, 0.5) is 0 Å². The number of esters is 1. The first-order valence-electron chi connectivity index (χ1n) is 4.57. The molecule has 96 valence electrons. The van der Waals surface area contributed by atoms with Crippen molar-refractivity contribution in [2.45, 2.75) is 18.0 Å². The van der Waals surface area contributed by atoms with Gasteiger partial charge in [0, 0.05) is 7.05 Å². The molecule has 1 unspecified atom stereocenters. The van der Waals surface area contributed by atoms with E-state index in [1.54, 1.807) is 0 Å². The number of aryl methyl sites for hydroxylation is 1. The monoisotopic (exact) mass is 281 g/mol. The number of methoxy groups -OCH3 is 1. The molecular formula is C8H12ClN3O4S. The lowest BCUT2D eigenvalue weighted by Crippen LogP contribution is -2.39. The Kier molecular flexibility index (Phi) is 4.12. The maximum absolute atomic E-state index is 11.9. The first kappa shape index (κ1) is 13.9. The van der Waals surface area contributed by atoms with E-state index in [1.165, 1.54) is 27.3 Å². The number of hydrogen-bond donors (Lipinski definition) is 1. The lowest BCUT2D eigenvalue weighted by atomic mass is 10.4. The van der Waals surface area contributed by atoms with Gasteiger partial charge in [-0.25, -0.2) is 8.42 Å². The fraction of sp³-hybridized carbons (Fsp3) is 0.500. The second kappa shape index (κ2) is 5.03. The molecule has 0 amide bonds. The number of rotatable bonds is 4. The third-order valence-electron chi connectivity index (χ3n) is 1.98. The molecule has 1 aromatic heterocycles. The molecule has 1 atom stereocenters. The smallest absolute Gasteiger partial charge is 0.323 e. The number of aromatic nitrogens is 2. The summed E-state index contributed by atoms with van der Waals surface area (Å²) in [7, 11) is -1.31. The van der Waals surface area contributed by atoms with Gasteiger partial charge in [-0.2, -0.15) is 9.82 Å². The van der Waals surface area contributed by atoms with E-state index in [9.17, 15) is 13.2 Å². The number of carbonyl (C=O) groups is 1. The topological polar surface area (TPSA) is 90.3 Å². The van der Waals surface area contributed by atoms with Gasteiger partial charge < -0.3 is 4.74 Å². The van der Waals surface area contributed by atoms with Crippen molar-refractivity contribution in [2.24, 2.45) is 7.05 Å². The standard InChI is InChI=1S/C8H12ClN3O4S/c1-5(8(13)16-3)11-17(14,15)7-6(9)4-10-12(7)2/h4-5,11H,1-3H3. The Balaban J connectivity index is 3.02. The Bertz CT molecular complexity index is 505. The summed E-state index contributed by atoms with van der Waals surface area (Å²) in [5.74, 6) is -0.688. The Labute approximate surface area is 104 Å². The third kappa shape index (κ3) is 2.96. The van der Waals surface area contributed by atoms with Crippen LogP contribution in [0.2, 0.25) is 5.02 Å². The van der Waals surface area contributed by atoms with Gasteiger partial charge in [0.25, 0.3) is 10.0 Å². The number of carbonyl (C=O) groups excluding carboxylic acids is 1. The lowest BCUT2D eigenvalue weighted by Gasteiger charge is -2.12. The van der Waals surface area contributed by atoms with Crippen LogP contribution in [0.15, 0.2) is 11.2 Å². The van der Waals surface area contributed by atoms with Crippen molar-refractivity contribution in [1.82, 2.24) is 14.5 Å². The molecule has 0 bridgehead atoms. The van der Waals surface area contributed by atoms with Crippen LogP contribution >= 0.6 is 11.6 Å². The zero-order valence-electron chi connectivity index (χ0n) is 9.47. The molecule has 0 radical (unpaired) electrons. The van der Waals surface area contributed by atoms with Gasteiger partial charge in [0.2, 0.25) is 0 Å². The van der Waals surface area contributed by atoms with Crippen molar-refractivity contribution in [1.29, 1.82) is 0 Å². The SMILES string of the molecule is COC(=O)C(C)NS(=O)(=O)c1c(Cl)cnn1C. The fourth-order valence-electron chi connectivity index (χ4n) is 1.22. The average Bonchev–Trinajstić information content (AvgIpc) is 2.57. The molecule has 17 heavy (non-hydrogen) atoms. The zero-order chi connectivity index (χ0) is 13.2. The first-order valence-corrected chi connectivity index (χ1v) is 6.43. The van der Waals surface area contributed by atoms with Crippen LogP contribution in [-0.2, 0) is 26.6 Å². The van der Waals surface area contributed by atoms with Gasteiger partial charge >= 0.3 is 5.97 Å². The van der Waals surface area contributed by atoms with Gasteiger partial charge in [0.1, 0.15) is 6.04 Å². The average molecular weight is 282 g/mol. The van der Waals surface area contributed by atoms with Gasteiger partial charge in [0.05, 0.1) is 18.3 Å². The quantitative estimate of drug-likeness (QED) is 0.779. The molecule has 0 aliphatic rings. The zero-order valence-corrected chi connectivity index (χ0v) is 11.0. The Hall–Kier alpha value is -1.12. The van der Waals surface area contributed by atoms with Crippen LogP contribution in [0.5, 0.6) is 0 Å². The summed E-state index contributed by atoms with van der Waals surface area (Å²) in [6, 6.07) is -1.00. The van der Waals surface area contributed by atoms with Crippen LogP contribution in [0.1, 0.15) is 6.92 Å². The largest absolute Gasteiger partial charge is 0.468 e. The summed E-state index contributed by atoms with van der Waals surface area (Å²) in [6.07, 6.45) is 1.21. The van der Waals surface area contributed by atoms with E-state index >= 15 is 0 Å². The molecule has 0 spiro atoms. The van der Waals surface area contributed by atoms with Crippen molar-refractivity contribution in [3.05, 3.63) is 11.2 Å². The van der Waals surface area contributed by atoms with E-state index < -0.39 is 22.0 Å². The Morgan fingerprint density at radius 1 is 1.65 bits per heavy atom. The lowest BCUT2D eigenvalue weighted by molar-refractivity contribution is -0.142. The molecule has 0 saturated carbocycles. The highest BCUT2D eigenvalue weighted by molar-refractivity contribution is 7.89. The van der Waals surface area contributed by atoms with E-state index in [0.29, 0.717) is 0 Å². The molecular weight excluding hydrogens is 270 g/mol. The first-order chi connectivity index (χ1) is 7.79. The number of sulfonamides is 1. The van der Waals surface area contributed by atoms with Crippen LogP contribution in [0, 0.1) is 0 Å². The minimum Gasteiger partial charge on any atom is -0.468 e. The molecule has 0 aliphatic carbocycles. The van der Waals surface area contributed by atoms with Crippen LogP contribution in [0.3, 0.4) is 0 Å². The summed E-state index contributed by atoms with van der Waals surface area (Å²) >= 11 is 5.71. The molecule has 0 aliphatic heterocycles. The Morgan fingerprint density at radius 2 is 2.24 bits per heavy atom. The maximum Gasteiger partial charge on any atom is 0.323 e. The predicted molar refractivity (Wildman–Crippen MR) is 60.0 cm³/mol. The van der Waals surface area contributed by atoms with Crippen molar-refractivity contribution < 1.29 is 17.9 Å². The number of nitrogens with zero attached hydrogens (tertiary/aromatic N) is 2. The van der Waals surface area contributed by atoms with E-state index in [-0.39, 0.29) is 10.0 Å². The van der Waals surface area contributed by atoms with E-state index in [1.807, 2.05) is 0 Å². The van der Waals surface area contributed by atoms with Crippen molar-refractivity contribution in [2.75, 3.05) is 7.11 Å². The van der Waals surface area contributed by atoms with Crippen molar-refractivity contribution >= 4 is 27.6 Å². The molecule has 1 heterocycles. The number of halogens is 1. The molecule has 1 N–H and O–H groups in total. The van der Waals surface area contributed by atoms with Crippen LogP contribution in [-0.4, -0.2) is 37.3 Å². The maximum atomic E-state index is 11.9. The molecule has 1 rings (SSSR count). The highest BCUT2D eigenvalue weighted by atomic mass is 35.5. The van der Waals surface area contributed by atoms with Gasteiger partial charge in [-0.3, -0.25) is 9.48 Å². The van der Waals surface area contributed by atoms with Crippen molar-refractivity contribution in [3.8, 4) is 0 Å². The molecule has 1 aromatic rings. The molecule has 0 saturated heterocycles. The third-order valence-corrected chi connectivity index (χ3v) is 4.03. The number of hydrogen-bond acceptors (Lipinski definition) is 5. The van der Waals surface area contributed by atoms with Gasteiger partial charge in [-0.15, -0.1) is 0 Å². The van der Waals surface area contributed by atoms with E-state index in [0.717, 1.165) is 4.68 Å². The van der Waals surface area contributed by atoms with Crippen LogP contribution in [0.25, 0.3) is 0 Å². The van der Waals surface area contributed by atoms with Gasteiger partial charge in [-0.05, 0) is 6.92 Å². The highest BCUT2D eigenvalue weighted by Gasteiger charge is 2.27. The summed E-state index contributed by atoms with van der Waals surface area (Å²) in [5.41, 5.74) is 0. The summed E-state index contributed by atoms with van der Waals surface area (Å²) in [4.78, 5) is 11.1. The second-order valence-corrected chi connectivity index (χ2v) is 5.32. The minimum atomic E-state index is -3.91. The molecule has 9 heteroatoms. The Morgan fingerprint density at radius 3 is 2.65 bits per heavy atom. The van der Waals surface area contributed by atoms with Gasteiger partial charge in [-0.1, -0.05) is 11.6 Å². The number of nitrogens with one attached hydrogen (secondary N) is 1. The number of ether oxygens (including phenoxy) is 1. The summed E-state index contributed by atoms with van der Waals surface area (Å²) < 4.78 is 31.5. The molecule has 0 aromatic carbocycles. The second-order valence-electron chi connectivity index (χ2n) is 3.29. The summed E-state index contributed by atoms with van der Waals surface area (Å²) in [6.45, 7) is 1.37. The fourth-order valence-corrected chi connectivity index (χ4v) is 3.06. The van der Waals surface area contributed by atoms with Crippen LogP contribution < -0.4 is 4.72 Å². The van der Waals surface area contributed by atoms with E-state index in [4.69, 9.17) is 11.6 Å².